The Morgan fingerprint density at radius 2 is 1.93 bits per heavy atom. The summed E-state index contributed by atoms with van der Waals surface area (Å²) in [7, 11) is -1.36. The van der Waals surface area contributed by atoms with Gasteiger partial charge < -0.3 is 23.3 Å². The Bertz CT molecular complexity index is 1670. The van der Waals surface area contributed by atoms with Gasteiger partial charge in [-0.2, -0.15) is 5.26 Å². The van der Waals surface area contributed by atoms with E-state index in [0.29, 0.717) is 34.4 Å². The van der Waals surface area contributed by atoms with Crippen molar-refractivity contribution in [3.63, 3.8) is 0 Å². The normalized spacial score (nSPS) is 11.8. The number of fused-ring (bicyclic) bond motifs is 2. The molecule has 0 atom stereocenters. The van der Waals surface area contributed by atoms with Gasteiger partial charge in [0.05, 0.1) is 35.3 Å². The Labute approximate surface area is 236 Å². The summed E-state index contributed by atoms with van der Waals surface area (Å²) < 4.78 is 45.7. The zero-order valence-corrected chi connectivity index (χ0v) is 24.4. The van der Waals surface area contributed by atoms with E-state index in [4.69, 9.17) is 19.2 Å². The van der Waals surface area contributed by atoms with E-state index in [1.807, 2.05) is 6.07 Å². The standard InChI is InChI=1S/C29H32F2N4O5Si/c1-5-39-29(37)21-15-34(23-9-7-6-8-20(23)28(21)36)16-27-33-22-12-19(14-32)25(40-17-26(30)31)13-24(22)35(27)18-38-10-11-41(2,3)4/h6-9,12-13,15,26H,5,10-11,16-18H2,1-4H3. The zero-order chi connectivity index (χ0) is 29.7. The quantitative estimate of drug-likeness (QED) is 0.125. The average Bonchev–Trinajstić information content (AvgIpc) is 3.25. The summed E-state index contributed by atoms with van der Waals surface area (Å²) in [5.74, 6) is -0.195. The van der Waals surface area contributed by atoms with Crippen molar-refractivity contribution in [2.24, 2.45) is 0 Å². The summed E-state index contributed by atoms with van der Waals surface area (Å²) in [4.78, 5) is 30.4. The number of ether oxygens (including phenoxy) is 3. The van der Waals surface area contributed by atoms with E-state index in [2.05, 4.69) is 19.6 Å². The molecule has 12 heteroatoms. The van der Waals surface area contributed by atoms with Gasteiger partial charge in [-0.25, -0.2) is 18.6 Å². The van der Waals surface area contributed by atoms with Crippen molar-refractivity contribution in [3.05, 3.63) is 69.8 Å². The molecule has 9 nitrogen and oxygen atoms in total. The third-order valence-electron chi connectivity index (χ3n) is 6.43. The van der Waals surface area contributed by atoms with E-state index < -0.39 is 32.5 Å². The molecule has 41 heavy (non-hydrogen) atoms. The summed E-state index contributed by atoms with van der Waals surface area (Å²) >= 11 is 0. The molecule has 0 aliphatic heterocycles. The average molecular weight is 583 g/mol. The van der Waals surface area contributed by atoms with Crippen molar-refractivity contribution in [2.45, 2.75) is 52.3 Å². The molecule has 0 saturated heterocycles. The Balaban J connectivity index is 1.83. The van der Waals surface area contributed by atoms with Crippen molar-refractivity contribution in [3.8, 4) is 11.8 Å². The number of alkyl halides is 2. The van der Waals surface area contributed by atoms with Gasteiger partial charge in [0.15, 0.2) is 0 Å². The predicted octanol–water partition coefficient (Wildman–Crippen LogP) is 5.40. The second-order valence-electron chi connectivity index (χ2n) is 10.7. The van der Waals surface area contributed by atoms with Crippen molar-refractivity contribution in [1.29, 1.82) is 5.26 Å². The van der Waals surface area contributed by atoms with Crippen LogP contribution in [0.25, 0.3) is 21.9 Å². The summed E-state index contributed by atoms with van der Waals surface area (Å²) in [6.07, 6.45) is -1.25. The van der Waals surface area contributed by atoms with Crippen LogP contribution in [-0.4, -0.2) is 54.4 Å². The first kappa shape index (κ1) is 29.9. The number of para-hydroxylation sites is 1. The number of esters is 1. The van der Waals surface area contributed by atoms with Crippen LogP contribution < -0.4 is 10.2 Å². The van der Waals surface area contributed by atoms with Crippen molar-refractivity contribution in [1.82, 2.24) is 14.1 Å². The molecular formula is C29H32F2N4O5Si. The number of halogens is 2. The minimum absolute atomic E-state index is 0.0218. The van der Waals surface area contributed by atoms with Gasteiger partial charge in [0.1, 0.15) is 36.5 Å². The molecule has 4 aromatic rings. The lowest BCUT2D eigenvalue weighted by Crippen LogP contribution is -2.23. The fourth-order valence-electron chi connectivity index (χ4n) is 4.34. The first-order chi connectivity index (χ1) is 19.5. The van der Waals surface area contributed by atoms with E-state index in [0.717, 1.165) is 6.04 Å². The van der Waals surface area contributed by atoms with Gasteiger partial charge in [0.25, 0.3) is 6.43 Å². The number of carbonyl (C=O) groups is 1. The van der Waals surface area contributed by atoms with Gasteiger partial charge in [0, 0.05) is 32.3 Å². The van der Waals surface area contributed by atoms with Crippen LogP contribution >= 0.6 is 0 Å². The first-order valence-electron chi connectivity index (χ1n) is 13.2. The predicted molar refractivity (Wildman–Crippen MR) is 153 cm³/mol. The molecule has 0 unspecified atom stereocenters. The maximum Gasteiger partial charge on any atom is 0.343 e. The van der Waals surface area contributed by atoms with Crippen LogP contribution in [0.4, 0.5) is 8.78 Å². The van der Waals surface area contributed by atoms with E-state index in [1.54, 1.807) is 40.3 Å². The molecule has 0 spiro atoms. The van der Waals surface area contributed by atoms with E-state index in [9.17, 15) is 23.6 Å². The van der Waals surface area contributed by atoms with Crippen molar-refractivity contribution >= 4 is 36.0 Å². The van der Waals surface area contributed by atoms with Crippen LogP contribution in [0.15, 0.2) is 47.4 Å². The first-order valence-corrected chi connectivity index (χ1v) is 16.9. The number of aromatic nitrogens is 3. The summed E-state index contributed by atoms with van der Waals surface area (Å²) in [6.45, 7) is 8.42. The lowest BCUT2D eigenvalue weighted by atomic mass is 10.1. The molecule has 2 aromatic heterocycles. The minimum atomic E-state index is -2.70. The van der Waals surface area contributed by atoms with Crippen LogP contribution in [0.1, 0.15) is 28.7 Å². The van der Waals surface area contributed by atoms with Gasteiger partial charge in [-0.1, -0.05) is 31.8 Å². The fourth-order valence-corrected chi connectivity index (χ4v) is 5.10. The topological polar surface area (TPSA) is 108 Å². The highest BCUT2D eigenvalue weighted by molar-refractivity contribution is 6.76. The van der Waals surface area contributed by atoms with Gasteiger partial charge in [-0.15, -0.1) is 0 Å². The van der Waals surface area contributed by atoms with Crippen LogP contribution in [0, 0.1) is 11.3 Å². The highest BCUT2D eigenvalue weighted by atomic mass is 28.3. The van der Waals surface area contributed by atoms with Gasteiger partial charge in [-0.05, 0) is 31.2 Å². The third-order valence-corrected chi connectivity index (χ3v) is 8.13. The number of pyridine rings is 1. The minimum Gasteiger partial charge on any atom is -0.486 e. The van der Waals surface area contributed by atoms with Crippen molar-refractivity contribution < 1.29 is 27.8 Å². The third kappa shape index (κ3) is 6.98. The number of hydrogen-bond donors (Lipinski definition) is 0. The second-order valence-corrected chi connectivity index (χ2v) is 16.3. The van der Waals surface area contributed by atoms with E-state index in [1.165, 1.54) is 18.3 Å². The molecule has 216 valence electrons. The molecule has 2 aromatic carbocycles. The van der Waals surface area contributed by atoms with Gasteiger partial charge in [-0.3, -0.25) is 4.79 Å². The highest BCUT2D eigenvalue weighted by Crippen LogP contribution is 2.28. The molecule has 0 saturated carbocycles. The van der Waals surface area contributed by atoms with Crippen LogP contribution in [0.3, 0.4) is 0 Å². The van der Waals surface area contributed by atoms with Crippen LogP contribution in [-0.2, 0) is 22.7 Å². The Morgan fingerprint density at radius 1 is 1.17 bits per heavy atom. The molecule has 4 rings (SSSR count). The SMILES string of the molecule is CCOC(=O)c1cn(Cc2nc3cc(C#N)c(OCC(F)F)cc3n2COCC[Si](C)(C)C)c2ccccc2c1=O. The van der Waals surface area contributed by atoms with E-state index in [-0.39, 0.29) is 36.8 Å². The lowest BCUT2D eigenvalue weighted by molar-refractivity contribution is 0.0524. The zero-order valence-electron chi connectivity index (χ0n) is 23.4. The molecule has 0 amide bonds. The number of hydrogen-bond acceptors (Lipinski definition) is 7. The molecule has 0 aliphatic carbocycles. The molecular weight excluding hydrogens is 550 g/mol. The summed E-state index contributed by atoms with van der Waals surface area (Å²) in [5.41, 5.74) is 1.11. The monoisotopic (exact) mass is 582 g/mol. The molecule has 0 aliphatic rings. The number of nitriles is 1. The summed E-state index contributed by atoms with van der Waals surface area (Å²) in [5, 5.41) is 9.97. The lowest BCUT2D eigenvalue weighted by Gasteiger charge is -2.17. The number of nitrogens with zero attached hydrogens (tertiary/aromatic N) is 4. The number of carbonyl (C=O) groups excluding carboxylic acids is 1. The second kappa shape index (κ2) is 12.6. The van der Waals surface area contributed by atoms with Gasteiger partial charge >= 0.3 is 5.97 Å². The molecule has 0 fully saturated rings. The molecule has 0 bridgehead atoms. The Kier molecular flexibility index (Phi) is 9.20. The van der Waals surface area contributed by atoms with Gasteiger partial charge in [0.2, 0.25) is 5.43 Å². The maximum absolute atomic E-state index is 13.1. The largest absolute Gasteiger partial charge is 0.486 e. The van der Waals surface area contributed by atoms with E-state index >= 15 is 0 Å². The maximum atomic E-state index is 13.1. The number of benzene rings is 2. The summed E-state index contributed by atoms with van der Waals surface area (Å²) in [6, 6.07) is 12.8. The van der Waals surface area contributed by atoms with Crippen molar-refractivity contribution in [2.75, 3.05) is 19.8 Å². The smallest absolute Gasteiger partial charge is 0.343 e. The van der Waals surface area contributed by atoms with Crippen LogP contribution in [0.5, 0.6) is 5.75 Å². The number of imidazole rings is 1. The fraction of sp³-hybridized carbons (Fsp3) is 0.379. The molecule has 2 heterocycles. The Morgan fingerprint density at radius 3 is 2.61 bits per heavy atom. The molecule has 0 N–H and O–H groups in total. The van der Waals surface area contributed by atoms with Crippen LogP contribution in [0.2, 0.25) is 25.7 Å². The molecule has 0 radical (unpaired) electrons. The number of rotatable bonds is 12. The Hall–Kier alpha value is -4.08. The highest BCUT2D eigenvalue weighted by Gasteiger charge is 2.21.